The maximum Gasteiger partial charge on any atom is 0.251 e. The van der Waals surface area contributed by atoms with Crippen LogP contribution in [0.3, 0.4) is 0 Å². The van der Waals surface area contributed by atoms with Crippen molar-refractivity contribution in [1.82, 2.24) is 10.3 Å². The van der Waals surface area contributed by atoms with Gasteiger partial charge in [0.2, 0.25) is 0 Å². The van der Waals surface area contributed by atoms with Gasteiger partial charge in [0.25, 0.3) is 5.91 Å². The number of para-hydroxylation sites is 1. The van der Waals surface area contributed by atoms with Crippen LogP contribution in [0.1, 0.15) is 27.2 Å². The average molecular weight is 392 g/mol. The lowest BCUT2D eigenvalue weighted by Gasteiger charge is -2.12. The molecular weight excluding hydrogens is 374 g/mol. The van der Waals surface area contributed by atoms with Crippen LogP contribution < -0.4 is 10.1 Å². The van der Waals surface area contributed by atoms with Gasteiger partial charge in [-0.2, -0.15) is 5.26 Å². The molecular formula is C22H18ClN3O2. The molecule has 0 saturated carbocycles. The van der Waals surface area contributed by atoms with Gasteiger partial charge >= 0.3 is 0 Å². The maximum atomic E-state index is 12.6. The van der Waals surface area contributed by atoms with Crippen molar-refractivity contribution in [2.24, 2.45) is 0 Å². The van der Waals surface area contributed by atoms with Gasteiger partial charge in [0, 0.05) is 40.0 Å². The predicted octanol–water partition coefficient (Wildman–Crippen LogP) is 4.52. The molecule has 0 aliphatic rings. The highest BCUT2D eigenvalue weighted by Crippen LogP contribution is 2.31. The van der Waals surface area contributed by atoms with Crippen LogP contribution in [0, 0.1) is 18.3 Å². The smallest absolute Gasteiger partial charge is 0.251 e. The number of halogens is 1. The van der Waals surface area contributed by atoms with E-state index in [9.17, 15) is 4.79 Å². The number of nitrogens with one attached hydrogen (secondary N) is 1. The second kappa shape index (κ2) is 8.55. The number of nitrogens with zero attached hydrogens (tertiary/aromatic N) is 2. The van der Waals surface area contributed by atoms with Gasteiger partial charge in [-0.05, 0) is 42.8 Å². The van der Waals surface area contributed by atoms with E-state index in [2.05, 4.69) is 10.3 Å². The Bertz CT molecular complexity index is 1070. The first-order valence-corrected chi connectivity index (χ1v) is 8.98. The van der Waals surface area contributed by atoms with Gasteiger partial charge in [-0.3, -0.25) is 4.79 Å². The first-order chi connectivity index (χ1) is 13.5. The Morgan fingerprint density at radius 1 is 1.21 bits per heavy atom. The summed E-state index contributed by atoms with van der Waals surface area (Å²) in [7, 11) is 1.60. The van der Waals surface area contributed by atoms with Crippen LogP contribution in [-0.4, -0.2) is 18.0 Å². The summed E-state index contributed by atoms with van der Waals surface area (Å²) >= 11 is 6.35. The van der Waals surface area contributed by atoms with Crippen LogP contribution in [0.25, 0.3) is 11.1 Å². The number of nitriles is 1. The van der Waals surface area contributed by atoms with Gasteiger partial charge in [0.15, 0.2) is 0 Å². The van der Waals surface area contributed by atoms with Crippen LogP contribution in [0.15, 0.2) is 54.7 Å². The Hall–Kier alpha value is -3.36. The van der Waals surface area contributed by atoms with Crippen molar-refractivity contribution in [2.75, 3.05) is 7.11 Å². The molecule has 0 fully saturated rings. The molecule has 0 unspecified atom stereocenters. The van der Waals surface area contributed by atoms with Crippen LogP contribution in [0.2, 0.25) is 5.02 Å². The highest BCUT2D eigenvalue weighted by atomic mass is 35.5. The van der Waals surface area contributed by atoms with Gasteiger partial charge in [-0.1, -0.05) is 29.8 Å². The molecule has 1 amide bonds. The van der Waals surface area contributed by atoms with Crippen molar-refractivity contribution in [2.45, 2.75) is 13.5 Å². The summed E-state index contributed by atoms with van der Waals surface area (Å²) in [6.45, 7) is 2.22. The molecule has 1 aromatic heterocycles. The average Bonchev–Trinajstić information content (AvgIpc) is 2.72. The molecule has 5 nitrogen and oxygen atoms in total. The number of aromatic nitrogens is 1. The van der Waals surface area contributed by atoms with Gasteiger partial charge < -0.3 is 10.1 Å². The molecule has 140 valence electrons. The quantitative estimate of drug-likeness (QED) is 0.693. The number of carbonyl (C=O) groups is 1. The number of methoxy groups -OCH3 is 1. The number of benzene rings is 2. The number of hydrogen-bond donors (Lipinski definition) is 1. The summed E-state index contributed by atoms with van der Waals surface area (Å²) in [5, 5.41) is 12.4. The third-order valence-electron chi connectivity index (χ3n) is 4.38. The van der Waals surface area contributed by atoms with E-state index in [1.807, 2.05) is 37.3 Å². The lowest BCUT2D eigenvalue weighted by molar-refractivity contribution is 0.0950. The molecule has 6 heteroatoms. The van der Waals surface area contributed by atoms with Gasteiger partial charge in [0.1, 0.15) is 17.5 Å². The number of carbonyl (C=O) groups excluding carboxylic acids is 1. The fraction of sp³-hybridized carbons (Fsp3) is 0.136. The van der Waals surface area contributed by atoms with Gasteiger partial charge in [-0.15, -0.1) is 0 Å². The number of rotatable bonds is 5. The number of amides is 1. The zero-order valence-electron chi connectivity index (χ0n) is 15.5. The molecule has 0 atom stereocenters. The summed E-state index contributed by atoms with van der Waals surface area (Å²) < 4.78 is 5.31. The van der Waals surface area contributed by atoms with Crippen LogP contribution in [0.5, 0.6) is 5.75 Å². The Balaban J connectivity index is 1.85. The Kier molecular flexibility index (Phi) is 5.93. The second-order valence-electron chi connectivity index (χ2n) is 6.19. The summed E-state index contributed by atoms with van der Waals surface area (Å²) in [4.78, 5) is 16.8. The highest BCUT2D eigenvalue weighted by molar-refractivity contribution is 6.33. The SMILES string of the molecule is COc1ccccc1CNC(=O)c1ccc(Cl)c(-c2cnc(C#N)cc2C)c1. The lowest BCUT2D eigenvalue weighted by Crippen LogP contribution is -2.23. The normalized spacial score (nSPS) is 10.2. The van der Waals surface area contributed by atoms with E-state index in [1.54, 1.807) is 37.6 Å². The Labute approximate surface area is 168 Å². The van der Waals surface area contributed by atoms with Crippen molar-refractivity contribution < 1.29 is 9.53 Å². The maximum absolute atomic E-state index is 12.6. The molecule has 0 bridgehead atoms. The first-order valence-electron chi connectivity index (χ1n) is 8.60. The molecule has 3 rings (SSSR count). The number of hydrogen-bond acceptors (Lipinski definition) is 4. The Morgan fingerprint density at radius 3 is 2.71 bits per heavy atom. The molecule has 1 heterocycles. The van der Waals surface area contributed by atoms with Crippen molar-refractivity contribution in [3.05, 3.63) is 82.1 Å². The number of pyridine rings is 1. The van der Waals surface area contributed by atoms with Crippen molar-refractivity contribution in [1.29, 1.82) is 5.26 Å². The van der Waals surface area contributed by atoms with Crippen molar-refractivity contribution in [3.8, 4) is 22.9 Å². The fourth-order valence-corrected chi connectivity index (χ4v) is 3.12. The minimum Gasteiger partial charge on any atom is -0.496 e. The van der Waals surface area contributed by atoms with E-state index < -0.39 is 0 Å². The van der Waals surface area contributed by atoms with E-state index in [-0.39, 0.29) is 5.91 Å². The molecule has 0 saturated heterocycles. The van der Waals surface area contributed by atoms with Crippen molar-refractivity contribution in [3.63, 3.8) is 0 Å². The molecule has 2 aromatic carbocycles. The molecule has 0 aliphatic carbocycles. The van der Waals surface area contributed by atoms with E-state index >= 15 is 0 Å². The number of aryl methyl sites for hydroxylation is 1. The molecule has 0 aliphatic heterocycles. The third kappa shape index (κ3) is 4.13. The molecule has 28 heavy (non-hydrogen) atoms. The van der Waals surface area contributed by atoms with Crippen LogP contribution >= 0.6 is 11.6 Å². The summed E-state index contributed by atoms with van der Waals surface area (Å²) in [6, 6.07) is 16.3. The minimum atomic E-state index is -0.219. The summed E-state index contributed by atoms with van der Waals surface area (Å²) in [5.41, 5.74) is 4.05. The van der Waals surface area contributed by atoms with Gasteiger partial charge in [0.05, 0.1) is 7.11 Å². The lowest BCUT2D eigenvalue weighted by atomic mass is 10.00. The monoisotopic (exact) mass is 391 g/mol. The largest absolute Gasteiger partial charge is 0.496 e. The zero-order valence-corrected chi connectivity index (χ0v) is 16.2. The third-order valence-corrected chi connectivity index (χ3v) is 4.71. The molecule has 1 N–H and O–H groups in total. The van der Waals surface area contributed by atoms with E-state index in [1.165, 1.54) is 0 Å². The second-order valence-corrected chi connectivity index (χ2v) is 6.59. The highest BCUT2D eigenvalue weighted by Gasteiger charge is 2.13. The number of ether oxygens (including phenoxy) is 1. The predicted molar refractivity (Wildman–Crippen MR) is 108 cm³/mol. The molecule has 3 aromatic rings. The van der Waals surface area contributed by atoms with E-state index in [0.717, 1.165) is 22.4 Å². The zero-order chi connectivity index (χ0) is 20.1. The Morgan fingerprint density at radius 2 is 2.00 bits per heavy atom. The van der Waals surface area contributed by atoms with Gasteiger partial charge in [-0.25, -0.2) is 4.98 Å². The van der Waals surface area contributed by atoms with E-state index in [4.69, 9.17) is 21.6 Å². The summed E-state index contributed by atoms with van der Waals surface area (Å²) in [6.07, 6.45) is 1.60. The molecule has 0 spiro atoms. The summed E-state index contributed by atoms with van der Waals surface area (Å²) in [5.74, 6) is 0.502. The molecule has 0 radical (unpaired) electrons. The fourth-order valence-electron chi connectivity index (χ4n) is 2.90. The minimum absolute atomic E-state index is 0.219. The topological polar surface area (TPSA) is 75.0 Å². The van der Waals surface area contributed by atoms with Crippen LogP contribution in [-0.2, 0) is 6.54 Å². The van der Waals surface area contributed by atoms with Crippen LogP contribution in [0.4, 0.5) is 0 Å². The first kappa shape index (κ1) is 19.4. The van der Waals surface area contributed by atoms with Crippen molar-refractivity contribution >= 4 is 17.5 Å². The standard InChI is InChI=1S/C22H18ClN3O2/c1-14-9-17(11-24)25-13-19(14)18-10-15(7-8-20(18)23)22(27)26-12-16-5-3-4-6-21(16)28-2/h3-10,13H,12H2,1-2H3,(H,26,27). The van der Waals surface area contributed by atoms with E-state index in [0.29, 0.717) is 28.4 Å².